The Hall–Kier alpha value is -2.60. The van der Waals surface area contributed by atoms with Crippen molar-refractivity contribution >= 4 is 35.1 Å². The van der Waals surface area contributed by atoms with Gasteiger partial charge in [-0.3, -0.25) is 9.59 Å². The van der Waals surface area contributed by atoms with Crippen LogP contribution in [0.5, 0.6) is 0 Å². The van der Waals surface area contributed by atoms with Gasteiger partial charge in [0.25, 0.3) is 5.90 Å². The number of rotatable bonds is 1. The predicted molar refractivity (Wildman–Crippen MR) is 91.3 cm³/mol. The molecule has 0 radical (unpaired) electrons. The minimum Gasteiger partial charge on any atom is -0.402 e. The van der Waals surface area contributed by atoms with E-state index in [0.29, 0.717) is 10.7 Å². The molecule has 1 aliphatic rings. The SMILES string of the molecule is CC(=O)OC1=NC(c2ccccc2Cl)c2c(cn(C)c2C)NC1=O. The molecule has 1 amide bonds. The lowest BCUT2D eigenvalue weighted by atomic mass is 9.98. The molecule has 2 heterocycles. The van der Waals surface area contributed by atoms with Crippen molar-refractivity contribution in [3.05, 3.63) is 52.3 Å². The Labute approximate surface area is 144 Å². The Morgan fingerprint density at radius 3 is 2.75 bits per heavy atom. The van der Waals surface area contributed by atoms with Crippen LogP contribution in [-0.2, 0) is 21.4 Å². The van der Waals surface area contributed by atoms with Crippen LogP contribution in [0.1, 0.15) is 29.8 Å². The lowest BCUT2D eigenvalue weighted by molar-refractivity contribution is -0.134. The number of carbonyl (C=O) groups is 2. The summed E-state index contributed by atoms with van der Waals surface area (Å²) in [5, 5.41) is 3.27. The minimum atomic E-state index is -0.606. The smallest absolute Gasteiger partial charge is 0.311 e. The maximum absolute atomic E-state index is 12.3. The first-order chi connectivity index (χ1) is 11.4. The summed E-state index contributed by atoms with van der Waals surface area (Å²) in [6.45, 7) is 3.16. The van der Waals surface area contributed by atoms with E-state index in [1.54, 1.807) is 12.3 Å². The summed E-state index contributed by atoms with van der Waals surface area (Å²) < 4.78 is 6.90. The van der Waals surface area contributed by atoms with Crippen LogP contribution in [0.3, 0.4) is 0 Å². The standard InChI is InChI=1S/C17H16ClN3O3/c1-9-14-13(8-21(9)3)19-16(23)17(24-10(2)22)20-15(14)11-6-4-5-7-12(11)18/h4-8,15H,1-3H3,(H,19,23). The first kappa shape index (κ1) is 16.3. The average molecular weight is 346 g/mol. The van der Waals surface area contributed by atoms with Gasteiger partial charge in [-0.2, -0.15) is 0 Å². The number of halogens is 1. The van der Waals surface area contributed by atoms with E-state index in [-0.39, 0.29) is 5.90 Å². The van der Waals surface area contributed by atoms with Gasteiger partial charge >= 0.3 is 11.9 Å². The molecule has 1 aromatic carbocycles. The number of carbonyl (C=O) groups excluding carboxylic acids is 2. The van der Waals surface area contributed by atoms with Crippen LogP contribution >= 0.6 is 11.6 Å². The molecule has 0 saturated heterocycles. The number of benzene rings is 1. The van der Waals surface area contributed by atoms with Crippen LogP contribution in [0, 0.1) is 6.92 Å². The molecule has 1 aromatic heterocycles. The minimum absolute atomic E-state index is 0.273. The summed E-state index contributed by atoms with van der Waals surface area (Å²) in [4.78, 5) is 28.0. The third-order valence-electron chi connectivity index (χ3n) is 3.93. The van der Waals surface area contributed by atoms with Gasteiger partial charge in [-0.05, 0) is 18.6 Å². The number of hydrogen-bond acceptors (Lipinski definition) is 4. The fourth-order valence-electron chi connectivity index (χ4n) is 2.74. The fourth-order valence-corrected chi connectivity index (χ4v) is 2.98. The number of nitrogens with one attached hydrogen (secondary N) is 1. The third-order valence-corrected chi connectivity index (χ3v) is 4.28. The molecule has 24 heavy (non-hydrogen) atoms. The average Bonchev–Trinajstić information content (AvgIpc) is 2.71. The summed E-state index contributed by atoms with van der Waals surface area (Å²) in [6, 6.07) is 6.72. The predicted octanol–water partition coefficient (Wildman–Crippen LogP) is 2.99. The fraction of sp³-hybridized carbons (Fsp3) is 0.235. The molecule has 0 aliphatic carbocycles. The first-order valence-electron chi connectivity index (χ1n) is 7.36. The zero-order valence-electron chi connectivity index (χ0n) is 13.5. The molecule has 0 fully saturated rings. The molecule has 0 spiro atoms. The Morgan fingerprint density at radius 1 is 1.38 bits per heavy atom. The van der Waals surface area contributed by atoms with Crippen molar-refractivity contribution in [2.75, 3.05) is 5.32 Å². The molecular weight excluding hydrogens is 330 g/mol. The summed E-state index contributed by atoms with van der Waals surface area (Å²) in [6.07, 6.45) is 1.80. The van der Waals surface area contributed by atoms with E-state index in [1.165, 1.54) is 6.92 Å². The van der Waals surface area contributed by atoms with E-state index >= 15 is 0 Å². The van der Waals surface area contributed by atoms with Gasteiger partial charge in [0.15, 0.2) is 0 Å². The molecule has 3 rings (SSSR count). The van der Waals surface area contributed by atoms with Crippen LogP contribution in [0.4, 0.5) is 5.69 Å². The number of esters is 1. The second kappa shape index (κ2) is 6.13. The molecule has 1 N–H and O–H groups in total. The monoisotopic (exact) mass is 345 g/mol. The van der Waals surface area contributed by atoms with Crippen LogP contribution in [-0.4, -0.2) is 22.3 Å². The number of hydrogen-bond donors (Lipinski definition) is 1. The molecule has 1 atom stereocenters. The zero-order chi connectivity index (χ0) is 17.4. The third kappa shape index (κ3) is 2.80. The normalized spacial score (nSPS) is 16.8. The topological polar surface area (TPSA) is 72.7 Å². The van der Waals surface area contributed by atoms with Gasteiger partial charge < -0.3 is 14.6 Å². The van der Waals surface area contributed by atoms with E-state index in [0.717, 1.165) is 16.8 Å². The lowest BCUT2D eigenvalue weighted by Gasteiger charge is -2.15. The first-order valence-corrected chi connectivity index (χ1v) is 7.74. The lowest BCUT2D eigenvalue weighted by Crippen LogP contribution is -2.26. The van der Waals surface area contributed by atoms with Crippen molar-refractivity contribution in [3.8, 4) is 0 Å². The highest BCUT2D eigenvalue weighted by Crippen LogP contribution is 2.39. The van der Waals surface area contributed by atoms with Crippen molar-refractivity contribution in [2.45, 2.75) is 19.9 Å². The number of aryl methyl sites for hydroxylation is 1. The maximum atomic E-state index is 12.3. The van der Waals surface area contributed by atoms with Crippen molar-refractivity contribution < 1.29 is 14.3 Å². The van der Waals surface area contributed by atoms with Crippen LogP contribution in [0.25, 0.3) is 0 Å². The van der Waals surface area contributed by atoms with Crippen molar-refractivity contribution in [2.24, 2.45) is 12.0 Å². The Kier molecular flexibility index (Phi) is 4.15. The largest absolute Gasteiger partial charge is 0.402 e. The molecule has 124 valence electrons. The second-order valence-electron chi connectivity index (χ2n) is 5.56. The van der Waals surface area contributed by atoms with Crippen LogP contribution in [0.2, 0.25) is 5.02 Å². The molecule has 0 bridgehead atoms. The molecule has 0 saturated carbocycles. The highest BCUT2D eigenvalue weighted by Gasteiger charge is 2.31. The Balaban J connectivity index is 2.24. The van der Waals surface area contributed by atoms with Gasteiger partial charge in [-0.15, -0.1) is 0 Å². The summed E-state index contributed by atoms with van der Waals surface area (Å²) in [5.41, 5.74) is 3.11. The zero-order valence-corrected chi connectivity index (χ0v) is 14.2. The quantitative estimate of drug-likeness (QED) is 0.807. The van der Waals surface area contributed by atoms with E-state index in [1.807, 2.05) is 36.7 Å². The van der Waals surface area contributed by atoms with Gasteiger partial charge in [-0.1, -0.05) is 29.8 Å². The Morgan fingerprint density at radius 2 is 2.08 bits per heavy atom. The van der Waals surface area contributed by atoms with Crippen LogP contribution < -0.4 is 5.32 Å². The number of anilines is 1. The number of aromatic nitrogens is 1. The number of nitrogens with zero attached hydrogens (tertiary/aromatic N) is 2. The molecule has 2 aromatic rings. The van der Waals surface area contributed by atoms with E-state index in [9.17, 15) is 9.59 Å². The van der Waals surface area contributed by atoms with Crippen LogP contribution in [0.15, 0.2) is 35.5 Å². The van der Waals surface area contributed by atoms with E-state index in [2.05, 4.69) is 10.3 Å². The number of ether oxygens (including phenoxy) is 1. The number of amides is 1. The Bertz CT molecular complexity index is 870. The summed E-state index contributed by atoms with van der Waals surface area (Å²) in [5.74, 6) is -1.44. The van der Waals surface area contributed by atoms with Gasteiger partial charge in [0.05, 0.1) is 5.69 Å². The van der Waals surface area contributed by atoms with Crippen molar-refractivity contribution in [3.63, 3.8) is 0 Å². The van der Waals surface area contributed by atoms with Gasteiger partial charge in [-0.25, -0.2) is 4.99 Å². The molecule has 1 aliphatic heterocycles. The molecular formula is C17H16ClN3O3. The summed E-state index contributed by atoms with van der Waals surface area (Å²) in [7, 11) is 1.89. The maximum Gasteiger partial charge on any atom is 0.311 e. The van der Waals surface area contributed by atoms with Gasteiger partial charge in [0.2, 0.25) is 0 Å². The highest BCUT2D eigenvalue weighted by molar-refractivity contribution is 6.41. The number of fused-ring (bicyclic) bond motifs is 1. The molecule has 1 unspecified atom stereocenters. The highest BCUT2D eigenvalue weighted by atomic mass is 35.5. The van der Waals surface area contributed by atoms with Crippen molar-refractivity contribution in [1.82, 2.24) is 4.57 Å². The van der Waals surface area contributed by atoms with Gasteiger partial charge in [0.1, 0.15) is 6.04 Å². The van der Waals surface area contributed by atoms with Gasteiger partial charge in [0, 0.05) is 36.4 Å². The second-order valence-corrected chi connectivity index (χ2v) is 5.97. The van der Waals surface area contributed by atoms with Crippen molar-refractivity contribution in [1.29, 1.82) is 0 Å². The van der Waals surface area contributed by atoms with E-state index in [4.69, 9.17) is 16.3 Å². The number of aliphatic imine (C=N–C) groups is 1. The molecule has 7 heteroatoms. The molecule has 6 nitrogen and oxygen atoms in total. The van der Waals surface area contributed by atoms with E-state index < -0.39 is 17.9 Å². The summed E-state index contributed by atoms with van der Waals surface area (Å²) >= 11 is 6.34.